The number of likely N-dealkylation sites (N-methyl/N-ethyl adjacent to an activating group) is 1. The van der Waals surface area contributed by atoms with Crippen LogP contribution in [0.25, 0.3) is 0 Å². The van der Waals surface area contributed by atoms with E-state index < -0.39 is 17.9 Å². The fraction of sp³-hybridized carbons (Fsp3) is 0.300. The number of amides is 1. The summed E-state index contributed by atoms with van der Waals surface area (Å²) in [6.45, 7) is 0. The van der Waals surface area contributed by atoms with Gasteiger partial charge in [-0.2, -0.15) is 0 Å². The van der Waals surface area contributed by atoms with E-state index in [2.05, 4.69) is 0 Å². The van der Waals surface area contributed by atoms with E-state index >= 15 is 0 Å². The Balaban J connectivity index is 2.27. The molecule has 0 unspecified atom stereocenters. The zero-order valence-corrected chi connectivity index (χ0v) is 15.6. The number of methoxy groups -OCH3 is 3. The van der Waals surface area contributed by atoms with Gasteiger partial charge in [0, 0.05) is 18.2 Å². The lowest BCUT2D eigenvalue weighted by Crippen LogP contribution is -2.42. The second kappa shape index (κ2) is 7.19. The van der Waals surface area contributed by atoms with Crippen LogP contribution in [0.4, 0.5) is 0 Å². The number of carbonyl (C=O) groups excluding carboxylic acids is 1. The van der Waals surface area contributed by atoms with Crippen molar-refractivity contribution in [1.29, 1.82) is 0 Å². The molecule has 27 heavy (non-hydrogen) atoms. The summed E-state index contributed by atoms with van der Waals surface area (Å²) in [7, 11) is 6.04. The van der Waals surface area contributed by atoms with Gasteiger partial charge in [0.2, 0.25) is 0 Å². The Kier molecular flexibility index (Phi) is 4.94. The predicted octanol–water partition coefficient (Wildman–Crippen LogP) is 2.71. The largest absolute Gasteiger partial charge is 0.496 e. The topological polar surface area (TPSA) is 85.3 Å². The molecular formula is C20H21NO6. The number of fused-ring (bicyclic) bond motifs is 1. The van der Waals surface area contributed by atoms with Crippen LogP contribution in [0.2, 0.25) is 0 Å². The van der Waals surface area contributed by atoms with E-state index in [9.17, 15) is 14.7 Å². The number of ether oxygens (including phenoxy) is 3. The van der Waals surface area contributed by atoms with E-state index in [0.29, 0.717) is 28.4 Å². The second-order valence-electron chi connectivity index (χ2n) is 6.21. The molecule has 7 heteroatoms. The average molecular weight is 371 g/mol. The van der Waals surface area contributed by atoms with Crippen molar-refractivity contribution in [3.8, 4) is 17.2 Å². The van der Waals surface area contributed by atoms with Crippen LogP contribution in [0, 0.1) is 0 Å². The lowest BCUT2D eigenvalue weighted by atomic mass is 9.79. The summed E-state index contributed by atoms with van der Waals surface area (Å²) in [6, 6.07) is 9.48. The molecule has 1 amide bonds. The van der Waals surface area contributed by atoms with Crippen molar-refractivity contribution in [2.75, 3.05) is 28.4 Å². The monoisotopic (exact) mass is 371 g/mol. The summed E-state index contributed by atoms with van der Waals surface area (Å²) in [4.78, 5) is 26.7. The van der Waals surface area contributed by atoms with Gasteiger partial charge in [0.1, 0.15) is 11.7 Å². The van der Waals surface area contributed by atoms with Crippen LogP contribution in [0.3, 0.4) is 0 Å². The van der Waals surface area contributed by atoms with Gasteiger partial charge in [0.15, 0.2) is 11.5 Å². The summed E-state index contributed by atoms with van der Waals surface area (Å²) in [5, 5.41) is 10.0. The number of benzene rings is 2. The van der Waals surface area contributed by atoms with Crippen LogP contribution < -0.4 is 14.2 Å². The van der Waals surface area contributed by atoms with Crippen molar-refractivity contribution in [1.82, 2.24) is 4.90 Å². The molecule has 2 aromatic carbocycles. The van der Waals surface area contributed by atoms with Crippen molar-refractivity contribution in [3.63, 3.8) is 0 Å². The number of rotatable bonds is 5. The molecule has 7 nitrogen and oxygen atoms in total. The van der Waals surface area contributed by atoms with Crippen LogP contribution >= 0.6 is 0 Å². The lowest BCUT2D eigenvalue weighted by Gasteiger charge is -2.39. The Morgan fingerprint density at radius 2 is 1.56 bits per heavy atom. The van der Waals surface area contributed by atoms with E-state index in [0.717, 1.165) is 0 Å². The minimum atomic E-state index is -1.04. The molecule has 0 saturated heterocycles. The number of hydrogen-bond acceptors (Lipinski definition) is 5. The van der Waals surface area contributed by atoms with E-state index in [1.807, 2.05) is 0 Å². The molecule has 0 spiro atoms. The van der Waals surface area contributed by atoms with Crippen LogP contribution in [0.15, 0.2) is 36.4 Å². The smallest absolute Gasteiger partial charge is 0.313 e. The molecule has 142 valence electrons. The Bertz CT molecular complexity index is 894. The van der Waals surface area contributed by atoms with Gasteiger partial charge in [-0.25, -0.2) is 0 Å². The van der Waals surface area contributed by atoms with Gasteiger partial charge in [0.05, 0.1) is 27.4 Å². The third kappa shape index (κ3) is 2.95. The highest BCUT2D eigenvalue weighted by Crippen LogP contribution is 2.47. The molecule has 0 bridgehead atoms. The molecule has 0 fully saturated rings. The number of para-hydroxylation sites is 1. The maximum Gasteiger partial charge on any atom is 0.313 e. The summed E-state index contributed by atoms with van der Waals surface area (Å²) in [5.41, 5.74) is 1.30. The molecule has 0 aromatic heterocycles. The zero-order valence-electron chi connectivity index (χ0n) is 15.6. The quantitative estimate of drug-likeness (QED) is 0.870. The molecular weight excluding hydrogens is 350 g/mol. The number of aliphatic carboxylic acids is 1. The van der Waals surface area contributed by atoms with Gasteiger partial charge in [0.25, 0.3) is 5.91 Å². The summed E-state index contributed by atoms with van der Waals surface area (Å²) < 4.78 is 16.0. The van der Waals surface area contributed by atoms with Crippen molar-refractivity contribution in [2.24, 2.45) is 0 Å². The zero-order chi connectivity index (χ0) is 19.7. The highest BCUT2D eigenvalue weighted by molar-refractivity contribution is 6.01. The van der Waals surface area contributed by atoms with Crippen LogP contribution in [0.1, 0.15) is 33.4 Å². The minimum Gasteiger partial charge on any atom is -0.496 e. The van der Waals surface area contributed by atoms with Crippen molar-refractivity contribution >= 4 is 11.9 Å². The van der Waals surface area contributed by atoms with Crippen molar-refractivity contribution in [3.05, 3.63) is 53.1 Å². The Morgan fingerprint density at radius 1 is 0.963 bits per heavy atom. The molecule has 3 rings (SSSR count). The van der Waals surface area contributed by atoms with Gasteiger partial charge in [-0.1, -0.05) is 18.2 Å². The molecule has 0 saturated carbocycles. The van der Waals surface area contributed by atoms with Gasteiger partial charge in [-0.3, -0.25) is 9.59 Å². The molecule has 1 heterocycles. The third-order valence-electron chi connectivity index (χ3n) is 4.90. The minimum absolute atomic E-state index is 0.286. The molecule has 2 aromatic rings. The van der Waals surface area contributed by atoms with Gasteiger partial charge < -0.3 is 24.2 Å². The highest BCUT2D eigenvalue weighted by Gasteiger charge is 2.44. The SMILES string of the molecule is COc1cc2c(cc1OC)[C@H](C(=O)O)[C@H](c1ccccc1OC)N(C)C2=O. The molecule has 1 aliphatic heterocycles. The predicted molar refractivity (Wildman–Crippen MR) is 97.8 cm³/mol. The van der Waals surface area contributed by atoms with Crippen LogP contribution in [-0.4, -0.2) is 50.3 Å². The Morgan fingerprint density at radius 3 is 2.15 bits per heavy atom. The van der Waals surface area contributed by atoms with Gasteiger partial charge in [-0.05, 0) is 23.8 Å². The van der Waals surface area contributed by atoms with E-state index in [1.54, 1.807) is 37.4 Å². The maximum atomic E-state index is 13.0. The summed E-state index contributed by atoms with van der Waals surface area (Å²) in [5.74, 6) is -1.05. The normalized spacial score (nSPS) is 18.7. The third-order valence-corrected chi connectivity index (χ3v) is 4.90. The first-order valence-corrected chi connectivity index (χ1v) is 8.33. The molecule has 0 aliphatic carbocycles. The fourth-order valence-corrected chi connectivity index (χ4v) is 3.61. The fourth-order valence-electron chi connectivity index (χ4n) is 3.61. The summed E-state index contributed by atoms with van der Waals surface area (Å²) >= 11 is 0. The van der Waals surface area contributed by atoms with Crippen LogP contribution in [-0.2, 0) is 4.79 Å². The first kappa shape index (κ1) is 18.6. The van der Waals surface area contributed by atoms with E-state index in [4.69, 9.17) is 14.2 Å². The number of carboxylic acid groups (broad SMARTS) is 1. The molecule has 0 radical (unpaired) electrons. The summed E-state index contributed by atoms with van der Waals surface area (Å²) in [6.07, 6.45) is 0. The standard InChI is InChI=1S/C20H21NO6/c1-21-18(11-7-5-6-8-14(11)25-2)17(20(23)24)12-9-15(26-3)16(27-4)10-13(12)19(21)22/h5-10,17-18H,1-4H3,(H,23,24)/t17-,18-/m0/s1. The first-order valence-electron chi connectivity index (χ1n) is 8.33. The first-order chi connectivity index (χ1) is 12.9. The van der Waals surface area contributed by atoms with Crippen LogP contribution in [0.5, 0.6) is 17.2 Å². The highest BCUT2D eigenvalue weighted by atomic mass is 16.5. The van der Waals surface area contributed by atoms with Crippen molar-refractivity contribution < 1.29 is 28.9 Å². The van der Waals surface area contributed by atoms with E-state index in [-0.39, 0.29) is 11.5 Å². The number of carboxylic acids is 1. The second-order valence-corrected chi connectivity index (χ2v) is 6.21. The van der Waals surface area contributed by atoms with Gasteiger partial charge >= 0.3 is 5.97 Å². The molecule has 1 N–H and O–H groups in total. The lowest BCUT2D eigenvalue weighted by molar-refractivity contribution is -0.140. The average Bonchev–Trinajstić information content (AvgIpc) is 2.69. The Labute approximate surface area is 157 Å². The molecule has 2 atom stereocenters. The number of nitrogens with zero attached hydrogens (tertiary/aromatic N) is 1. The number of hydrogen-bond donors (Lipinski definition) is 1. The Hall–Kier alpha value is -3.22. The van der Waals surface area contributed by atoms with Crippen molar-refractivity contribution in [2.45, 2.75) is 12.0 Å². The maximum absolute atomic E-state index is 13.0. The van der Waals surface area contributed by atoms with E-state index in [1.165, 1.54) is 32.3 Å². The molecule has 1 aliphatic rings. The number of carbonyl (C=O) groups is 2. The van der Waals surface area contributed by atoms with Gasteiger partial charge in [-0.15, -0.1) is 0 Å².